The Morgan fingerprint density at radius 1 is 1.05 bits per heavy atom. The Morgan fingerprint density at radius 3 is 2.48 bits per heavy atom. The van der Waals surface area contributed by atoms with Crippen LogP contribution < -0.4 is 0 Å². The Morgan fingerprint density at radius 2 is 1.81 bits per heavy atom. The van der Waals surface area contributed by atoms with Gasteiger partial charge in [-0.05, 0) is 29.8 Å². The van der Waals surface area contributed by atoms with Gasteiger partial charge in [0.15, 0.2) is 0 Å². The molecule has 3 aromatic rings. The van der Waals surface area contributed by atoms with E-state index in [0.29, 0.717) is 0 Å². The van der Waals surface area contributed by atoms with Crippen molar-refractivity contribution in [1.82, 2.24) is 9.55 Å². The highest BCUT2D eigenvalue weighted by Crippen LogP contribution is 2.34. The molecule has 106 valence electrons. The topological polar surface area (TPSA) is 17.8 Å². The van der Waals surface area contributed by atoms with E-state index in [0.717, 1.165) is 11.4 Å². The molecule has 2 aromatic carbocycles. The molecule has 3 rings (SSSR count). The Labute approximate surface area is 133 Å². The highest BCUT2D eigenvalue weighted by Gasteiger charge is 2.13. The zero-order chi connectivity index (χ0) is 14.5. The number of rotatable bonds is 5. The number of thioether (sulfide) groups is 1. The zero-order valence-electron chi connectivity index (χ0n) is 11.4. The first-order valence-electron chi connectivity index (χ1n) is 6.75. The van der Waals surface area contributed by atoms with E-state index in [9.17, 15) is 0 Å². The van der Waals surface area contributed by atoms with Gasteiger partial charge in [0.1, 0.15) is 0 Å². The third-order valence-electron chi connectivity index (χ3n) is 3.20. The number of hydrogen-bond donors (Lipinski definition) is 0. The first kappa shape index (κ1) is 14.2. The van der Waals surface area contributed by atoms with Crippen molar-refractivity contribution in [1.29, 1.82) is 0 Å². The van der Waals surface area contributed by atoms with Crippen LogP contribution in [-0.2, 0) is 6.42 Å². The molecule has 21 heavy (non-hydrogen) atoms. The predicted molar refractivity (Wildman–Crippen MR) is 88.7 cm³/mol. The quantitative estimate of drug-likeness (QED) is 0.612. The van der Waals surface area contributed by atoms with Gasteiger partial charge in [0.2, 0.25) is 0 Å². The summed E-state index contributed by atoms with van der Waals surface area (Å²) in [5.41, 5.74) is 1.32. The van der Waals surface area contributed by atoms with Gasteiger partial charge >= 0.3 is 0 Å². The Bertz CT molecular complexity index is 666. The van der Waals surface area contributed by atoms with E-state index in [1.54, 1.807) is 0 Å². The van der Waals surface area contributed by atoms with E-state index >= 15 is 0 Å². The van der Waals surface area contributed by atoms with E-state index in [1.807, 2.05) is 48.7 Å². The lowest BCUT2D eigenvalue weighted by atomic mass is 10.1. The maximum absolute atomic E-state index is 5.95. The summed E-state index contributed by atoms with van der Waals surface area (Å²) in [7, 11) is 0. The molecule has 0 spiro atoms. The van der Waals surface area contributed by atoms with Crippen LogP contribution in [-0.4, -0.2) is 9.55 Å². The van der Waals surface area contributed by atoms with Crippen molar-refractivity contribution in [2.75, 3.05) is 0 Å². The second-order valence-electron chi connectivity index (χ2n) is 4.73. The average molecular weight is 315 g/mol. The summed E-state index contributed by atoms with van der Waals surface area (Å²) in [6.07, 6.45) is 6.65. The van der Waals surface area contributed by atoms with E-state index in [4.69, 9.17) is 11.6 Å². The Hall–Kier alpha value is -1.71. The summed E-state index contributed by atoms with van der Waals surface area (Å²) in [5.74, 6) is 0. The molecule has 0 fully saturated rings. The van der Waals surface area contributed by atoms with Crippen LogP contribution in [0.5, 0.6) is 0 Å². The lowest BCUT2D eigenvalue weighted by Gasteiger charge is -2.18. The highest BCUT2D eigenvalue weighted by molar-refractivity contribution is 7.99. The van der Waals surface area contributed by atoms with Crippen molar-refractivity contribution < 1.29 is 0 Å². The van der Waals surface area contributed by atoms with E-state index < -0.39 is 0 Å². The summed E-state index contributed by atoms with van der Waals surface area (Å²) in [4.78, 5) is 5.37. The molecule has 0 saturated carbocycles. The molecule has 0 radical (unpaired) electrons. The minimum absolute atomic E-state index is 0.274. The van der Waals surface area contributed by atoms with Gasteiger partial charge in [-0.1, -0.05) is 41.9 Å². The molecule has 0 aliphatic rings. The molecular formula is C17H15ClN2S. The lowest BCUT2D eigenvalue weighted by molar-refractivity contribution is 0.674. The minimum Gasteiger partial charge on any atom is -0.324 e. The van der Waals surface area contributed by atoms with Crippen LogP contribution >= 0.6 is 23.4 Å². The van der Waals surface area contributed by atoms with Crippen molar-refractivity contribution in [2.45, 2.75) is 16.7 Å². The molecule has 0 saturated heterocycles. The van der Waals surface area contributed by atoms with Crippen LogP contribution in [0.4, 0.5) is 0 Å². The normalized spacial score (nSPS) is 12.2. The number of halogens is 1. The van der Waals surface area contributed by atoms with Crippen LogP contribution in [0, 0.1) is 0 Å². The molecule has 1 aromatic heterocycles. The minimum atomic E-state index is 0.274. The van der Waals surface area contributed by atoms with Gasteiger partial charge in [-0.15, -0.1) is 11.8 Å². The smallest absolute Gasteiger partial charge is 0.0955 e. The monoisotopic (exact) mass is 314 g/mol. The summed E-state index contributed by atoms with van der Waals surface area (Å²) >= 11 is 7.77. The van der Waals surface area contributed by atoms with Gasteiger partial charge in [-0.2, -0.15) is 0 Å². The van der Waals surface area contributed by atoms with Crippen molar-refractivity contribution in [3.63, 3.8) is 0 Å². The zero-order valence-corrected chi connectivity index (χ0v) is 13.0. The van der Waals surface area contributed by atoms with Gasteiger partial charge in [-0.3, -0.25) is 0 Å². The first-order chi connectivity index (χ1) is 10.3. The fourth-order valence-electron chi connectivity index (χ4n) is 2.13. The Balaban J connectivity index is 1.81. The maximum Gasteiger partial charge on any atom is 0.0955 e. The van der Waals surface area contributed by atoms with Gasteiger partial charge in [-0.25, -0.2) is 4.98 Å². The average Bonchev–Trinajstić information content (AvgIpc) is 3.04. The van der Waals surface area contributed by atoms with Crippen LogP contribution in [0.15, 0.2) is 78.2 Å². The molecule has 0 aliphatic heterocycles. The molecule has 2 nitrogen and oxygen atoms in total. The largest absolute Gasteiger partial charge is 0.324 e. The predicted octanol–water partition coefficient (Wildman–Crippen LogP) is 5.07. The standard InChI is InChI=1S/C17H15ClN2S/c18-15-6-8-16(9-7-15)21-17(20-11-10-19-13-20)12-14-4-2-1-3-5-14/h1-11,13,17H,12H2. The summed E-state index contributed by atoms with van der Waals surface area (Å²) < 4.78 is 2.15. The van der Waals surface area contributed by atoms with Gasteiger partial charge in [0, 0.05) is 28.7 Å². The number of benzene rings is 2. The molecule has 1 atom stereocenters. The number of nitrogens with zero attached hydrogens (tertiary/aromatic N) is 2. The van der Waals surface area contributed by atoms with E-state index in [-0.39, 0.29) is 5.37 Å². The van der Waals surface area contributed by atoms with E-state index in [1.165, 1.54) is 10.5 Å². The second kappa shape index (κ2) is 6.83. The highest BCUT2D eigenvalue weighted by atomic mass is 35.5. The third-order valence-corrected chi connectivity index (χ3v) is 4.67. The Kier molecular flexibility index (Phi) is 4.63. The molecule has 0 amide bonds. The summed E-state index contributed by atoms with van der Waals surface area (Å²) in [6, 6.07) is 18.5. The molecule has 1 heterocycles. The van der Waals surface area contributed by atoms with Crippen molar-refractivity contribution in [2.24, 2.45) is 0 Å². The fourth-order valence-corrected chi connectivity index (χ4v) is 3.39. The van der Waals surface area contributed by atoms with Gasteiger partial charge < -0.3 is 4.57 Å². The summed E-state index contributed by atoms with van der Waals surface area (Å²) in [5, 5.41) is 1.04. The SMILES string of the molecule is Clc1ccc(SC(Cc2ccccc2)n2ccnc2)cc1. The molecule has 0 aliphatic carbocycles. The third kappa shape index (κ3) is 3.90. The maximum atomic E-state index is 5.95. The molecule has 0 N–H and O–H groups in total. The van der Waals surface area contributed by atoms with Crippen LogP contribution in [0.2, 0.25) is 5.02 Å². The van der Waals surface area contributed by atoms with Gasteiger partial charge in [0.25, 0.3) is 0 Å². The van der Waals surface area contributed by atoms with Crippen molar-refractivity contribution in [3.8, 4) is 0 Å². The lowest BCUT2D eigenvalue weighted by Crippen LogP contribution is -2.06. The molecule has 4 heteroatoms. The fraction of sp³-hybridized carbons (Fsp3) is 0.118. The summed E-state index contributed by atoms with van der Waals surface area (Å²) in [6.45, 7) is 0. The van der Waals surface area contributed by atoms with Crippen LogP contribution in [0.1, 0.15) is 10.9 Å². The molecular weight excluding hydrogens is 300 g/mol. The molecule has 0 bridgehead atoms. The number of hydrogen-bond acceptors (Lipinski definition) is 2. The van der Waals surface area contributed by atoms with Crippen LogP contribution in [0.25, 0.3) is 0 Å². The first-order valence-corrected chi connectivity index (χ1v) is 8.00. The van der Waals surface area contributed by atoms with Crippen LogP contribution in [0.3, 0.4) is 0 Å². The van der Waals surface area contributed by atoms with E-state index in [2.05, 4.69) is 45.9 Å². The van der Waals surface area contributed by atoms with Crippen molar-refractivity contribution >= 4 is 23.4 Å². The second-order valence-corrected chi connectivity index (χ2v) is 6.41. The molecule has 1 unspecified atom stereocenters. The van der Waals surface area contributed by atoms with Gasteiger partial charge in [0.05, 0.1) is 11.7 Å². The number of imidazole rings is 1. The number of aromatic nitrogens is 2. The van der Waals surface area contributed by atoms with Crippen molar-refractivity contribution in [3.05, 3.63) is 83.9 Å².